The van der Waals surface area contributed by atoms with E-state index in [0.29, 0.717) is 44.4 Å². The summed E-state index contributed by atoms with van der Waals surface area (Å²) in [6.45, 7) is 6.30. The second kappa shape index (κ2) is 19.3. The summed E-state index contributed by atoms with van der Waals surface area (Å²) in [6, 6.07) is 8.54. The van der Waals surface area contributed by atoms with Crippen molar-refractivity contribution < 1.29 is 36.3 Å². The van der Waals surface area contributed by atoms with Gasteiger partial charge in [0.2, 0.25) is 0 Å². The predicted octanol–water partition coefficient (Wildman–Crippen LogP) is 5.08. The Morgan fingerprint density at radius 1 is 1.02 bits per heavy atom. The van der Waals surface area contributed by atoms with E-state index >= 15 is 0 Å². The molecule has 1 saturated heterocycles. The molecule has 4 atom stereocenters. The van der Waals surface area contributed by atoms with Gasteiger partial charge in [-0.1, -0.05) is 57.9 Å². The summed E-state index contributed by atoms with van der Waals surface area (Å²) in [5.74, 6) is -1.75. The van der Waals surface area contributed by atoms with Crippen LogP contribution in [-0.2, 0) is 43.5 Å². The lowest BCUT2D eigenvalue weighted by molar-refractivity contribution is -0.151. The number of benzene rings is 2. The molecular weight excluding hydrogens is 649 g/mol. The van der Waals surface area contributed by atoms with Gasteiger partial charge in [0.1, 0.15) is 29.9 Å². The van der Waals surface area contributed by atoms with Crippen LogP contribution in [0.5, 0.6) is 0 Å². The summed E-state index contributed by atoms with van der Waals surface area (Å²) >= 11 is 1.64. The number of thioether (sulfide) groups is 1. The molecule has 1 fully saturated rings. The standard InChI is InChI=1S/C34H49F2N3O6S2/c1-4-8-29(9-5-2)47(42,43)22-31(39-34(41)44-28-12-13-46-21-28)33(40)45-32(20-38-19-24-11-7-10-23(6-3)14-24)30(37)17-25-15-26(35)18-27(36)16-25/h7,10-11,14-16,18,28-32,38H,4-6,8-9,12-13,17,19-22,37H2,1-3H3,(H,39,41)/t28-,30+,31?,32-/m1/s1. The molecule has 4 N–H and O–H groups in total. The van der Waals surface area contributed by atoms with Gasteiger partial charge < -0.3 is 25.8 Å². The molecular formula is C34H49F2N3O6S2. The molecule has 0 aromatic heterocycles. The van der Waals surface area contributed by atoms with Crippen molar-refractivity contribution in [1.29, 1.82) is 0 Å². The van der Waals surface area contributed by atoms with Crippen molar-refractivity contribution in [2.45, 2.75) is 102 Å². The van der Waals surface area contributed by atoms with Crippen molar-refractivity contribution in [2.75, 3.05) is 23.8 Å². The Hall–Kier alpha value is -2.74. The monoisotopic (exact) mass is 697 g/mol. The van der Waals surface area contributed by atoms with Crippen LogP contribution in [0.15, 0.2) is 42.5 Å². The van der Waals surface area contributed by atoms with Gasteiger partial charge in [-0.15, -0.1) is 0 Å². The van der Waals surface area contributed by atoms with Crippen LogP contribution in [0.25, 0.3) is 0 Å². The number of esters is 1. The quantitative estimate of drug-likeness (QED) is 0.172. The van der Waals surface area contributed by atoms with Crippen molar-refractivity contribution >= 4 is 33.7 Å². The number of nitrogens with two attached hydrogens (primary N) is 1. The maximum absolute atomic E-state index is 14.0. The zero-order chi connectivity index (χ0) is 34.4. The van der Waals surface area contributed by atoms with E-state index in [9.17, 15) is 26.8 Å². The van der Waals surface area contributed by atoms with E-state index in [1.165, 1.54) is 0 Å². The highest BCUT2D eigenvalue weighted by molar-refractivity contribution is 7.99. The first kappa shape index (κ1) is 38.7. The van der Waals surface area contributed by atoms with Crippen molar-refractivity contribution in [3.8, 4) is 0 Å². The number of aryl methyl sites for hydroxylation is 1. The summed E-state index contributed by atoms with van der Waals surface area (Å²) in [4.78, 5) is 26.6. The summed E-state index contributed by atoms with van der Waals surface area (Å²) in [6.07, 6.45) is 1.31. The van der Waals surface area contributed by atoms with Gasteiger partial charge in [-0.25, -0.2) is 26.8 Å². The van der Waals surface area contributed by atoms with Crippen LogP contribution < -0.4 is 16.4 Å². The number of alkyl carbamates (subject to hydrolysis) is 1. The van der Waals surface area contributed by atoms with E-state index in [1.807, 2.05) is 38.1 Å². The minimum atomic E-state index is -3.84. The number of hydrogen-bond donors (Lipinski definition) is 3. The molecule has 0 bridgehead atoms. The third kappa shape index (κ3) is 13.0. The Labute approximate surface area is 282 Å². The SMILES string of the molecule is CCCC(CCC)S(=O)(=O)CC(NC(=O)O[C@@H]1CCSC1)C(=O)O[C@H](CNCc1cccc(CC)c1)[C@@H](N)Cc1cc(F)cc(F)c1. The van der Waals surface area contributed by atoms with Crippen LogP contribution in [0.2, 0.25) is 0 Å². The summed E-state index contributed by atoms with van der Waals surface area (Å²) in [5.41, 5.74) is 8.91. The van der Waals surface area contributed by atoms with Crippen molar-refractivity contribution in [3.63, 3.8) is 0 Å². The number of sulfone groups is 1. The Morgan fingerprint density at radius 2 is 1.70 bits per heavy atom. The van der Waals surface area contributed by atoms with Crippen LogP contribution in [0.1, 0.15) is 69.6 Å². The Morgan fingerprint density at radius 3 is 2.32 bits per heavy atom. The molecule has 2 aromatic carbocycles. The minimum Gasteiger partial charge on any atom is -0.458 e. The topological polar surface area (TPSA) is 137 Å². The third-order valence-electron chi connectivity index (χ3n) is 8.08. The highest BCUT2D eigenvalue weighted by Gasteiger charge is 2.36. The lowest BCUT2D eigenvalue weighted by atomic mass is 10.0. The van der Waals surface area contributed by atoms with Crippen molar-refractivity contribution in [2.24, 2.45) is 5.73 Å². The molecule has 13 heteroatoms. The van der Waals surface area contributed by atoms with Crippen molar-refractivity contribution in [3.05, 3.63) is 70.8 Å². The Bertz CT molecular complexity index is 1380. The van der Waals surface area contributed by atoms with E-state index in [-0.39, 0.29) is 24.6 Å². The maximum atomic E-state index is 14.0. The molecule has 2 aromatic rings. The first-order valence-corrected chi connectivity index (χ1v) is 19.3. The van der Waals surface area contributed by atoms with Gasteiger partial charge in [0.05, 0.1) is 11.0 Å². The van der Waals surface area contributed by atoms with Gasteiger partial charge in [0, 0.05) is 31.0 Å². The normalized spacial score (nSPS) is 16.9. The van der Waals surface area contributed by atoms with E-state index in [0.717, 1.165) is 41.5 Å². The van der Waals surface area contributed by atoms with Gasteiger partial charge in [-0.2, -0.15) is 11.8 Å². The van der Waals surface area contributed by atoms with Crippen LogP contribution in [-0.4, -0.2) is 73.8 Å². The smallest absolute Gasteiger partial charge is 0.408 e. The number of ether oxygens (including phenoxy) is 2. The van der Waals surface area contributed by atoms with Crippen LogP contribution in [0, 0.1) is 11.6 Å². The van der Waals surface area contributed by atoms with E-state index < -0.39 is 62.7 Å². The second-order valence-corrected chi connectivity index (χ2v) is 15.5. The minimum absolute atomic E-state index is 0.0352. The number of nitrogens with one attached hydrogen (secondary N) is 2. The van der Waals surface area contributed by atoms with Crippen LogP contribution in [0.3, 0.4) is 0 Å². The van der Waals surface area contributed by atoms with Crippen LogP contribution >= 0.6 is 11.8 Å². The number of carbonyl (C=O) groups excluding carboxylic acids is 2. The maximum Gasteiger partial charge on any atom is 0.408 e. The summed E-state index contributed by atoms with van der Waals surface area (Å²) in [5, 5.41) is 5.01. The fourth-order valence-corrected chi connectivity index (χ4v) is 8.82. The molecule has 1 unspecified atom stereocenters. The van der Waals surface area contributed by atoms with Crippen molar-refractivity contribution in [1.82, 2.24) is 10.6 Å². The first-order valence-electron chi connectivity index (χ1n) is 16.4. The molecule has 0 aliphatic carbocycles. The summed E-state index contributed by atoms with van der Waals surface area (Å²) < 4.78 is 66.3. The van der Waals surface area contributed by atoms with Gasteiger partial charge in [-0.3, -0.25) is 0 Å². The average Bonchev–Trinajstić information content (AvgIpc) is 3.52. The second-order valence-electron chi connectivity index (χ2n) is 12.0. The van der Waals surface area contributed by atoms with Gasteiger partial charge in [0.25, 0.3) is 0 Å². The highest BCUT2D eigenvalue weighted by atomic mass is 32.2. The molecule has 1 amide bonds. The highest BCUT2D eigenvalue weighted by Crippen LogP contribution is 2.21. The molecule has 9 nitrogen and oxygen atoms in total. The molecule has 1 aliphatic heterocycles. The molecule has 1 aliphatic rings. The molecule has 47 heavy (non-hydrogen) atoms. The molecule has 0 saturated carbocycles. The Balaban J connectivity index is 1.84. The molecule has 3 rings (SSSR count). The fourth-order valence-electron chi connectivity index (χ4n) is 5.58. The fraction of sp³-hybridized carbons (Fsp3) is 0.588. The zero-order valence-corrected chi connectivity index (χ0v) is 29.1. The first-order chi connectivity index (χ1) is 22.4. The average molecular weight is 698 g/mol. The molecule has 0 spiro atoms. The number of halogens is 2. The number of hydrogen-bond acceptors (Lipinski definition) is 9. The van der Waals surface area contributed by atoms with E-state index in [2.05, 4.69) is 17.6 Å². The molecule has 262 valence electrons. The molecule has 0 radical (unpaired) electrons. The largest absolute Gasteiger partial charge is 0.458 e. The van der Waals surface area contributed by atoms with Crippen LogP contribution in [0.4, 0.5) is 13.6 Å². The number of rotatable bonds is 19. The van der Waals surface area contributed by atoms with Gasteiger partial charge in [0.15, 0.2) is 9.84 Å². The van der Waals surface area contributed by atoms with Gasteiger partial charge in [-0.05, 0) is 66.7 Å². The van der Waals surface area contributed by atoms with E-state index in [1.54, 1.807) is 11.8 Å². The van der Waals surface area contributed by atoms with E-state index in [4.69, 9.17) is 15.2 Å². The summed E-state index contributed by atoms with van der Waals surface area (Å²) in [7, 11) is -3.84. The lowest BCUT2D eigenvalue weighted by Gasteiger charge is -2.28. The number of carbonyl (C=O) groups is 2. The lowest BCUT2D eigenvalue weighted by Crippen LogP contribution is -2.52. The van der Waals surface area contributed by atoms with Gasteiger partial charge >= 0.3 is 12.1 Å². The Kier molecular flexibility index (Phi) is 15.9. The number of amides is 1. The predicted molar refractivity (Wildman–Crippen MR) is 182 cm³/mol. The molecule has 1 heterocycles. The third-order valence-corrected chi connectivity index (χ3v) is 11.5. The zero-order valence-electron chi connectivity index (χ0n) is 27.5.